The summed E-state index contributed by atoms with van der Waals surface area (Å²) in [5, 5.41) is 1.85. The highest BCUT2D eigenvalue weighted by molar-refractivity contribution is 6.05. The van der Waals surface area contributed by atoms with E-state index in [0.717, 1.165) is 35.8 Å². The number of nitrogens with zero attached hydrogens (tertiary/aromatic N) is 1. The number of benzene rings is 3. The molecule has 3 aromatic rings. The molecule has 0 aliphatic carbocycles. The van der Waals surface area contributed by atoms with Crippen LogP contribution in [0, 0.1) is 5.82 Å². The quantitative estimate of drug-likeness (QED) is 0.548. The Balaban J connectivity index is 1.24. The van der Waals surface area contributed by atoms with E-state index in [1.165, 1.54) is 12.1 Å². The molecule has 1 atom stereocenters. The molecule has 2 heterocycles. The second-order valence-corrected chi connectivity index (χ2v) is 8.44. The molecule has 0 saturated carbocycles. The lowest BCUT2D eigenvalue weighted by molar-refractivity contribution is 0.0932. The van der Waals surface area contributed by atoms with E-state index < -0.39 is 0 Å². The molecule has 5 heteroatoms. The summed E-state index contributed by atoms with van der Waals surface area (Å²) < 4.78 is 18.8. The number of hydrogen-bond donors (Lipinski definition) is 0. The average molecular weight is 417 g/mol. The molecule has 0 spiro atoms. The van der Waals surface area contributed by atoms with Crippen molar-refractivity contribution in [3.63, 3.8) is 0 Å². The Morgan fingerprint density at radius 3 is 2.74 bits per heavy atom. The first-order chi connectivity index (χ1) is 15.1. The maximum absolute atomic E-state index is 13.2. The van der Waals surface area contributed by atoms with Crippen LogP contribution in [0.4, 0.5) is 4.39 Å². The second kappa shape index (κ2) is 8.23. The van der Waals surface area contributed by atoms with Crippen LogP contribution in [-0.2, 0) is 0 Å². The Morgan fingerprint density at radius 1 is 1.06 bits per heavy atom. The smallest absolute Gasteiger partial charge is 0.170 e. The molecule has 1 fully saturated rings. The molecular formula is C26H24FNO3. The molecule has 2 aliphatic rings. The molecule has 158 valence electrons. The van der Waals surface area contributed by atoms with Gasteiger partial charge >= 0.3 is 0 Å². The molecule has 0 radical (unpaired) electrons. The SMILES string of the molecule is O=C(CCN1CCC(c2ccc(F)cc2)C1)c1ccc2cc3c(cc2c1)C(=O)CCO3. The molecule has 1 saturated heterocycles. The minimum Gasteiger partial charge on any atom is -0.492 e. The van der Waals surface area contributed by atoms with Crippen molar-refractivity contribution in [3.05, 3.63) is 77.1 Å². The van der Waals surface area contributed by atoms with E-state index in [1.807, 2.05) is 42.5 Å². The molecule has 0 N–H and O–H groups in total. The van der Waals surface area contributed by atoms with Crippen molar-refractivity contribution in [2.24, 2.45) is 0 Å². The number of Topliss-reactive ketones (excluding diaryl/α,β-unsaturated/α-hetero) is 2. The molecule has 3 aromatic carbocycles. The summed E-state index contributed by atoms with van der Waals surface area (Å²) in [6.07, 6.45) is 1.87. The van der Waals surface area contributed by atoms with Crippen molar-refractivity contribution in [2.75, 3.05) is 26.2 Å². The van der Waals surface area contributed by atoms with Crippen LogP contribution in [0.2, 0.25) is 0 Å². The van der Waals surface area contributed by atoms with Crippen LogP contribution >= 0.6 is 0 Å². The van der Waals surface area contributed by atoms with Gasteiger partial charge in [-0.1, -0.05) is 24.3 Å². The van der Waals surface area contributed by atoms with E-state index in [9.17, 15) is 14.0 Å². The zero-order chi connectivity index (χ0) is 21.4. The molecule has 4 nitrogen and oxygen atoms in total. The number of carbonyl (C=O) groups is 2. The van der Waals surface area contributed by atoms with Crippen LogP contribution in [0.15, 0.2) is 54.6 Å². The normalized spacial score (nSPS) is 18.7. The summed E-state index contributed by atoms with van der Waals surface area (Å²) in [5.41, 5.74) is 2.43. The summed E-state index contributed by atoms with van der Waals surface area (Å²) >= 11 is 0. The van der Waals surface area contributed by atoms with E-state index >= 15 is 0 Å². The van der Waals surface area contributed by atoms with Gasteiger partial charge in [0, 0.05) is 31.5 Å². The van der Waals surface area contributed by atoms with Crippen LogP contribution in [0.5, 0.6) is 5.75 Å². The maximum atomic E-state index is 13.2. The van der Waals surface area contributed by atoms with Gasteiger partial charge in [0.05, 0.1) is 12.2 Å². The van der Waals surface area contributed by atoms with E-state index in [1.54, 1.807) is 0 Å². The van der Waals surface area contributed by atoms with Gasteiger partial charge in [0.2, 0.25) is 0 Å². The Hall–Kier alpha value is -3.05. The molecule has 2 aliphatic heterocycles. The first-order valence-corrected chi connectivity index (χ1v) is 10.8. The van der Waals surface area contributed by atoms with Crippen molar-refractivity contribution in [3.8, 4) is 5.75 Å². The number of carbonyl (C=O) groups excluding carboxylic acids is 2. The Morgan fingerprint density at radius 2 is 1.90 bits per heavy atom. The predicted octanol–water partition coefficient (Wildman–Crippen LogP) is 5.01. The molecular weight excluding hydrogens is 393 g/mol. The minimum absolute atomic E-state index is 0.0876. The van der Waals surface area contributed by atoms with Crippen LogP contribution < -0.4 is 4.74 Å². The molecule has 0 aromatic heterocycles. The van der Waals surface area contributed by atoms with E-state index in [4.69, 9.17) is 4.74 Å². The number of halogens is 1. The van der Waals surface area contributed by atoms with Gasteiger partial charge in [-0.3, -0.25) is 9.59 Å². The van der Waals surface area contributed by atoms with Crippen LogP contribution in [0.3, 0.4) is 0 Å². The van der Waals surface area contributed by atoms with Crippen molar-refractivity contribution < 1.29 is 18.7 Å². The van der Waals surface area contributed by atoms with Crippen LogP contribution in [-0.4, -0.2) is 42.7 Å². The standard InChI is InChI=1S/C26H24FNO3/c27-22-5-3-17(4-6-22)20-7-10-28(16-20)11-8-24(29)19-2-1-18-15-26-23(14-21(18)13-19)25(30)9-12-31-26/h1-6,13-15,20H,7-12,16H2. The van der Waals surface area contributed by atoms with Gasteiger partial charge in [0.1, 0.15) is 11.6 Å². The van der Waals surface area contributed by atoms with Gasteiger partial charge in [-0.15, -0.1) is 0 Å². The monoisotopic (exact) mass is 417 g/mol. The van der Waals surface area contributed by atoms with Crippen molar-refractivity contribution in [1.29, 1.82) is 0 Å². The molecule has 31 heavy (non-hydrogen) atoms. The summed E-state index contributed by atoms with van der Waals surface area (Å²) in [4.78, 5) is 27.3. The molecule has 1 unspecified atom stereocenters. The van der Waals surface area contributed by atoms with Crippen LogP contribution in [0.25, 0.3) is 10.8 Å². The van der Waals surface area contributed by atoms with Gasteiger partial charge in [-0.2, -0.15) is 0 Å². The van der Waals surface area contributed by atoms with E-state index in [2.05, 4.69) is 4.90 Å². The summed E-state index contributed by atoms with van der Waals surface area (Å²) in [6.45, 7) is 2.98. The number of hydrogen-bond acceptors (Lipinski definition) is 4. The Kier molecular flexibility index (Phi) is 5.28. The first kappa shape index (κ1) is 19.9. The zero-order valence-electron chi connectivity index (χ0n) is 17.3. The fourth-order valence-corrected chi connectivity index (χ4v) is 4.62. The van der Waals surface area contributed by atoms with Gasteiger partial charge in [0.25, 0.3) is 0 Å². The highest BCUT2D eigenvalue weighted by Gasteiger charge is 2.24. The highest BCUT2D eigenvalue weighted by Crippen LogP contribution is 2.31. The summed E-state index contributed by atoms with van der Waals surface area (Å²) in [7, 11) is 0. The summed E-state index contributed by atoms with van der Waals surface area (Å²) in [5.74, 6) is 1.00. The number of ketones is 2. The third-order valence-electron chi connectivity index (χ3n) is 6.42. The Bertz CT molecular complexity index is 1160. The number of ether oxygens (including phenoxy) is 1. The predicted molar refractivity (Wildman–Crippen MR) is 118 cm³/mol. The first-order valence-electron chi connectivity index (χ1n) is 10.8. The lowest BCUT2D eigenvalue weighted by Crippen LogP contribution is -2.23. The van der Waals surface area contributed by atoms with Crippen molar-refractivity contribution in [1.82, 2.24) is 4.90 Å². The van der Waals surface area contributed by atoms with E-state index in [0.29, 0.717) is 48.8 Å². The van der Waals surface area contributed by atoms with Crippen molar-refractivity contribution >= 4 is 22.3 Å². The van der Waals surface area contributed by atoms with Gasteiger partial charge < -0.3 is 9.64 Å². The zero-order valence-corrected chi connectivity index (χ0v) is 17.3. The fourth-order valence-electron chi connectivity index (χ4n) is 4.62. The number of likely N-dealkylation sites (tertiary alicyclic amines) is 1. The van der Waals surface area contributed by atoms with Gasteiger partial charge in [0.15, 0.2) is 11.6 Å². The largest absolute Gasteiger partial charge is 0.492 e. The average Bonchev–Trinajstić information content (AvgIpc) is 3.26. The lowest BCUT2D eigenvalue weighted by Gasteiger charge is -2.17. The Labute approximate surface area is 180 Å². The number of fused-ring (bicyclic) bond motifs is 2. The summed E-state index contributed by atoms with van der Waals surface area (Å²) in [6, 6.07) is 16.1. The molecule has 0 amide bonds. The maximum Gasteiger partial charge on any atom is 0.170 e. The third-order valence-corrected chi connectivity index (χ3v) is 6.42. The fraction of sp³-hybridized carbons (Fsp3) is 0.308. The lowest BCUT2D eigenvalue weighted by atomic mass is 9.97. The van der Waals surface area contributed by atoms with Gasteiger partial charge in [-0.05, 0) is 65.6 Å². The minimum atomic E-state index is -0.211. The van der Waals surface area contributed by atoms with Crippen LogP contribution in [0.1, 0.15) is 51.5 Å². The topological polar surface area (TPSA) is 46.6 Å². The molecule has 0 bridgehead atoms. The second-order valence-electron chi connectivity index (χ2n) is 8.44. The van der Waals surface area contributed by atoms with Crippen molar-refractivity contribution in [2.45, 2.75) is 25.2 Å². The van der Waals surface area contributed by atoms with E-state index in [-0.39, 0.29) is 17.4 Å². The molecule has 5 rings (SSSR count). The number of rotatable bonds is 5. The highest BCUT2D eigenvalue weighted by atomic mass is 19.1. The van der Waals surface area contributed by atoms with Gasteiger partial charge in [-0.25, -0.2) is 4.39 Å². The third kappa shape index (κ3) is 4.10.